The Morgan fingerprint density at radius 1 is 1.29 bits per heavy atom. The number of nitrogens with zero attached hydrogens (tertiary/aromatic N) is 4. The van der Waals surface area contributed by atoms with Crippen molar-refractivity contribution in [2.75, 3.05) is 6.61 Å². The number of aromatic nitrogens is 3. The van der Waals surface area contributed by atoms with Gasteiger partial charge in [0.15, 0.2) is 5.82 Å². The molecule has 28 heavy (non-hydrogen) atoms. The van der Waals surface area contributed by atoms with Crippen LogP contribution in [-0.4, -0.2) is 33.1 Å². The van der Waals surface area contributed by atoms with E-state index in [-0.39, 0.29) is 5.97 Å². The third-order valence-corrected chi connectivity index (χ3v) is 6.00. The van der Waals surface area contributed by atoms with Gasteiger partial charge in [-0.15, -0.1) is 21.5 Å². The zero-order valence-corrected chi connectivity index (χ0v) is 17.2. The molecule has 0 amide bonds. The van der Waals surface area contributed by atoms with Crippen LogP contribution in [0.1, 0.15) is 41.0 Å². The molecule has 6 nitrogen and oxygen atoms in total. The van der Waals surface area contributed by atoms with Crippen LogP contribution in [-0.2, 0) is 22.5 Å². The standard InChI is InChI=1S/C20H19ClN4O2S/c1-12-23-24-18-11-22-19(15-7-3-4-8-17(15)21)16-10-14(28-20(16)25(12)18)6-5-9-27-13(2)26/h3-4,7-8,10H,5-6,9,11H2,1-2H3. The monoisotopic (exact) mass is 414 g/mol. The number of ether oxygens (including phenoxy) is 1. The molecular weight excluding hydrogens is 396 g/mol. The maximum absolute atomic E-state index is 11.0. The summed E-state index contributed by atoms with van der Waals surface area (Å²) < 4.78 is 7.13. The van der Waals surface area contributed by atoms with Gasteiger partial charge < -0.3 is 4.74 Å². The van der Waals surface area contributed by atoms with E-state index in [0.29, 0.717) is 18.2 Å². The fourth-order valence-electron chi connectivity index (χ4n) is 3.24. The van der Waals surface area contributed by atoms with Crippen molar-refractivity contribution in [1.29, 1.82) is 0 Å². The van der Waals surface area contributed by atoms with Gasteiger partial charge in [-0.25, -0.2) is 0 Å². The van der Waals surface area contributed by atoms with Crippen molar-refractivity contribution < 1.29 is 9.53 Å². The van der Waals surface area contributed by atoms with Gasteiger partial charge in [0, 0.05) is 28.0 Å². The van der Waals surface area contributed by atoms with Crippen LogP contribution in [0.2, 0.25) is 5.02 Å². The van der Waals surface area contributed by atoms with Gasteiger partial charge in [0.2, 0.25) is 0 Å². The number of carbonyl (C=O) groups is 1. The molecule has 0 bridgehead atoms. The summed E-state index contributed by atoms with van der Waals surface area (Å²) in [6, 6.07) is 9.90. The van der Waals surface area contributed by atoms with Crippen LogP contribution in [0.25, 0.3) is 5.00 Å². The molecule has 0 saturated carbocycles. The maximum atomic E-state index is 11.0. The first-order valence-electron chi connectivity index (χ1n) is 9.01. The van der Waals surface area contributed by atoms with E-state index in [9.17, 15) is 4.79 Å². The highest BCUT2D eigenvalue weighted by molar-refractivity contribution is 7.15. The van der Waals surface area contributed by atoms with Crippen molar-refractivity contribution in [2.45, 2.75) is 33.2 Å². The quantitative estimate of drug-likeness (QED) is 0.464. The fraction of sp³-hybridized carbons (Fsp3) is 0.300. The van der Waals surface area contributed by atoms with E-state index in [1.54, 1.807) is 11.3 Å². The van der Waals surface area contributed by atoms with Crippen molar-refractivity contribution in [1.82, 2.24) is 14.8 Å². The molecule has 1 aromatic carbocycles. The predicted octanol–water partition coefficient (Wildman–Crippen LogP) is 4.14. The number of esters is 1. The molecule has 1 aliphatic heterocycles. The molecule has 144 valence electrons. The summed E-state index contributed by atoms with van der Waals surface area (Å²) in [4.78, 5) is 17.0. The topological polar surface area (TPSA) is 69.4 Å². The number of carbonyl (C=O) groups excluding carboxylic acids is 1. The second kappa shape index (κ2) is 7.85. The largest absolute Gasteiger partial charge is 0.466 e. The minimum atomic E-state index is -0.250. The molecule has 1 aliphatic rings. The fourth-order valence-corrected chi connectivity index (χ4v) is 4.73. The minimum Gasteiger partial charge on any atom is -0.466 e. The Balaban J connectivity index is 1.74. The summed E-state index contributed by atoms with van der Waals surface area (Å²) in [5.41, 5.74) is 2.81. The van der Waals surface area contributed by atoms with Gasteiger partial charge in [0.1, 0.15) is 17.4 Å². The summed E-state index contributed by atoms with van der Waals surface area (Å²) in [5, 5.41) is 10.2. The Hall–Kier alpha value is -2.51. The van der Waals surface area contributed by atoms with E-state index in [2.05, 4.69) is 20.8 Å². The number of benzene rings is 1. The average Bonchev–Trinajstić information content (AvgIpc) is 3.20. The van der Waals surface area contributed by atoms with Gasteiger partial charge in [-0.1, -0.05) is 29.8 Å². The molecule has 0 saturated heterocycles. The van der Waals surface area contributed by atoms with Crippen molar-refractivity contribution >= 4 is 34.6 Å². The van der Waals surface area contributed by atoms with Gasteiger partial charge >= 0.3 is 5.97 Å². The second-order valence-corrected chi connectivity index (χ2v) is 8.04. The number of halogens is 1. The first-order chi connectivity index (χ1) is 13.5. The lowest BCUT2D eigenvalue weighted by Gasteiger charge is -2.08. The van der Waals surface area contributed by atoms with Crippen LogP contribution in [0.4, 0.5) is 0 Å². The van der Waals surface area contributed by atoms with Crippen molar-refractivity contribution in [3.8, 4) is 5.00 Å². The number of aryl methyl sites for hydroxylation is 2. The second-order valence-electron chi connectivity index (χ2n) is 6.52. The van der Waals surface area contributed by atoms with E-state index in [0.717, 1.165) is 46.3 Å². The predicted molar refractivity (Wildman–Crippen MR) is 110 cm³/mol. The van der Waals surface area contributed by atoms with Crippen LogP contribution in [0.15, 0.2) is 35.3 Å². The number of hydrogen-bond acceptors (Lipinski definition) is 6. The highest BCUT2D eigenvalue weighted by atomic mass is 35.5. The number of rotatable bonds is 5. The first-order valence-corrected chi connectivity index (χ1v) is 10.2. The number of thiophene rings is 1. The molecule has 3 aromatic rings. The van der Waals surface area contributed by atoms with Crippen LogP contribution < -0.4 is 0 Å². The molecule has 0 fully saturated rings. The highest BCUT2D eigenvalue weighted by Crippen LogP contribution is 2.34. The zero-order chi connectivity index (χ0) is 19.7. The molecule has 8 heteroatoms. The van der Waals surface area contributed by atoms with Crippen LogP contribution in [0, 0.1) is 6.92 Å². The van der Waals surface area contributed by atoms with E-state index < -0.39 is 0 Å². The molecule has 3 heterocycles. The van der Waals surface area contributed by atoms with Gasteiger partial charge in [0.25, 0.3) is 0 Å². The SMILES string of the molecule is CC(=O)OCCCc1cc2c(s1)-n1c(C)nnc1CN=C2c1ccccc1Cl. The Morgan fingerprint density at radius 2 is 2.11 bits per heavy atom. The summed E-state index contributed by atoms with van der Waals surface area (Å²) >= 11 is 8.16. The van der Waals surface area contributed by atoms with Gasteiger partial charge in [-0.3, -0.25) is 14.4 Å². The molecule has 0 atom stereocenters. The lowest BCUT2D eigenvalue weighted by atomic mass is 10.0. The lowest BCUT2D eigenvalue weighted by molar-refractivity contribution is -0.141. The third-order valence-electron chi connectivity index (χ3n) is 4.49. The summed E-state index contributed by atoms with van der Waals surface area (Å²) in [5.74, 6) is 1.40. The Morgan fingerprint density at radius 3 is 2.89 bits per heavy atom. The molecule has 0 unspecified atom stereocenters. The van der Waals surface area contributed by atoms with Gasteiger partial charge in [0.05, 0.1) is 12.3 Å². The van der Waals surface area contributed by atoms with E-state index in [1.165, 1.54) is 11.8 Å². The Labute approximate surface area is 171 Å². The average molecular weight is 415 g/mol. The molecular formula is C20H19ClN4O2S. The Bertz CT molecular complexity index is 1070. The zero-order valence-electron chi connectivity index (χ0n) is 15.6. The van der Waals surface area contributed by atoms with Crippen LogP contribution in [0.5, 0.6) is 0 Å². The van der Waals surface area contributed by atoms with E-state index in [1.807, 2.05) is 31.2 Å². The first kappa shape index (κ1) is 18.8. The van der Waals surface area contributed by atoms with Crippen LogP contribution in [0.3, 0.4) is 0 Å². The van der Waals surface area contributed by atoms with E-state index >= 15 is 0 Å². The lowest BCUT2D eigenvalue weighted by Crippen LogP contribution is -2.05. The van der Waals surface area contributed by atoms with E-state index in [4.69, 9.17) is 21.3 Å². The molecule has 0 N–H and O–H groups in total. The molecule has 0 aliphatic carbocycles. The highest BCUT2D eigenvalue weighted by Gasteiger charge is 2.25. The normalized spacial score (nSPS) is 12.8. The van der Waals surface area contributed by atoms with Gasteiger partial charge in [-0.05, 0) is 31.9 Å². The minimum absolute atomic E-state index is 0.250. The maximum Gasteiger partial charge on any atom is 0.302 e. The number of hydrogen-bond donors (Lipinski definition) is 0. The smallest absolute Gasteiger partial charge is 0.302 e. The van der Waals surface area contributed by atoms with Crippen molar-refractivity contribution in [2.24, 2.45) is 4.99 Å². The Kier molecular flexibility index (Phi) is 5.28. The number of fused-ring (bicyclic) bond motifs is 3. The third kappa shape index (κ3) is 3.59. The molecule has 0 spiro atoms. The van der Waals surface area contributed by atoms with Gasteiger partial charge in [-0.2, -0.15) is 0 Å². The summed E-state index contributed by atoms with van der Waals surface area (Å²) in [6.45, 7) is 4.24. The van der Waals surface area contributed by atoms with Crippen molar-refractivity contribution in [3.63, 3.8) is 0 Å². The molecule has 4 rings (SSSR count). The summed E-state index contributed by atoms with van der Waals surface area (Å²) in [7, 11) is 0. The number of aliphatic imine (C=N–C) groups is 1. The molecule has 0 radical (unpaired) electrons. The molecule has 2 aromatic heterocycles. The summed E-state index contributed by atoms with van der Waals surface area (Å²) in [6.07, 6.45) is 1.59. The van der Waals surface area contributed by atoms with Crippen LogP contribution >= 0.6 is 22.9 Å². The van der Waals surface area contributed by atoms with Crippen molar-refractivity contribution in [3.05, 3.63) is 63.0 Å².